The van der Waals surface area contributed by atoms with Gasteiger partial charge in [0.15, 0.2) is 0 Å². The molecule has 7 heteroatoms. The van der Waals surface area contributed by atoms with Crippen LogP contribution >= 0.6 is 23.2 Å². The average Bonchev–Trinajstić information content (AvgIpc) is 2.15. The van der Waals surface area contributed by atoms with Crippen molar-refractivity contribution >= 4 is 33.2 Å². The van der Waals surface area contributed by atoms with E-state index in [-0.39, 0.29) is 27.6 Å². The lowest BCUT2D eigenvalue weighted by Crippen LogP contribution is -2.30. The molecule has 0 radical (unpaired) electrons. The van der Waals surface area contributed by atoms with Crippen LogP contribution in [0.5, 0.6) is 0 Å². The van der Waals surface area contributed by atoms with Crippen molar-refractivity contribution in [3.8, 4) is 0 Å². The quantitative estimate of drug-likeness (QED) is 0.895. The molecule has 1 aromatic rings. The fourth-order valence-corrected chi connectivity index (χ4v) is 3.38. The molecule has 2 N–H and O–H groups in total. The summed E-state index contributed by atoms with van der Waals surface area (Å²) in [4.78, 5) is -0.0821. The first kappa shape index (κ1) is 14.7. The fourth-order valence-electron chi connectivity index (χ4n) is 1.27. The molecule has 0 unspecified atom stereocenters. The Bertz CT molecular complexity index is 515. The van der Waals surface area contributed by atoms with Crippen LogP contribution in [-0.2, 0) is 16.6 Å². The molecule has 0 saturated heterocycles. The summed E-state index contributed by atoms with van der Waals surface area (Å²) in [6, 6.07) is 2.34. The Balaban J connectivity index is 3.31. The van der Waals surface area contributed by atoms with Crippen molar-refractivity contribution in [3.63, 3.8) is 0 Å². The van der Waals surface area contributed by atoms with Crippen LogP contribution in [0.25, 0.3) is 0 Å². The van der Waals surface area contributed by atoms with Crippen molar-refractivity contribution in [3.05, 3.63) is 27.7 Å². The van der Waals surface area contributed by atoms with Gasteiger partial charge < -0.3 is 5.11 Å². The van der Waals surface area contributed by atoms with Crippen molar-refractivity contribution in [2.75, 3.05) is 0 Å². The molecule has 0 spiro atoms. The molecule has 17 heavy (non-hydrogen) atoms. The summed E-state index contributed by atoms with van der Waals surface area (Å²) in [6.07, 6.45) is 0. The van der Waals surface area contributed by atoms with Crippen LogP contribution in [0, 0.1) is 0 Å². The van der Waals surface area contributed by atoms with E-state index in [2.05, 4.69) is 4.72 Å². The van der Waals surface area contributed by atoms with Gasteiger partial charge in [-0.1, -0.05) is 23.2 Å². The third-order valence-electron chi connectivity index (χ3n) is 1.95. The minimum atomic E-state index is -3.69. The molecular weight excluding hydrogens is 285 g/mol. The maximum atomic E-state index is 11.9. The van der Waals surface area contributed by atoms with Gasteiger partial charge in [-0.3, -0.25) is 0 Å². The molecule has 0 bridgehead atoms. The van der Waals surface area contributed by atoms with Crippen LogP contribution < -0.4 is 4.72 Å². The molecule has 0 aliphatic rings. The van der Waals surface area contributed by atoms with Crippen LogP contribution in [0.15, 0.2) is 17.0 Å². The molecule has 4 nitrogen and oxygen atoms in total. The highest BCUT2D eigenvalue weighted by atomic mass is 35.5. The monoisotopic (exact) mass is 297 g/mol. The molecule has 0 atom stereocenters. The Kier molecular flexibility index (Phi) is 4.80. The number of rotatable bonds is 4. The molecule has 0 amide bonds. The van der Waals surface area contributed by atoms with E-state index in [9.17, 15) is 8.42 Å². The van der Waals surface area contributed by atoms with E-state index >= 15 is 0 Å². The number of sulfonamides is 1. The van der Waals surface area contributed by atoms with Gasteiger partial charge >= 0.3 is 0 Å². The van der Waals surface area contributed by atoms with E-state index in [1.165, 1.54) is 12.1 Å². The van der Waals surface area contributed by atoms with Crippen LogP contribution in [0.4, 0.5) is 0 Å². The van der Waals surface area contributed by atoms with Gasteiger partial charge in [0, 0.05) is 11.1 Å². The number of hydrogen-bond acceptors (Lipinski definition) is 3. The second-order valence-corrected chi connectivity index (χ2v) is 6.30. The smallest absolute Gasteiger partial charge is 0.242 e. The first-order chi connectivity index (χ1) is 7.77. The van der Waals surface area contributed by atoms with Gasteiger partial charge in [0.2, 0.25) is 10.0 Å². The highest BCUT2D eigenvalue weighted by Gasteiger charge is 2.20. The second kappa shape index (κ2) is 5.54. The molecular formula is C10H13Cl2NO3S. The number of aliphatic hydroxyl groups excluding tert-OH is 1. The van der Waals surface area contributed by atoms with E-state index in [1.54, 1.807) is 13.8 Å². The van der Waals surface area contributed by atoms with Gasteiger partial charge in [0.25, 0.3) is 0 Å². The van der Waals surface area contributed by atoms with Gasteiger partial charge in [-0.2, -0.15) is 0 Å². The summed E-state index contributed by atoms with van der Waals surface area (Å²) in [7, 11) is -3.69. The summed E-state index contributed by atoms with van der Waals surface area (Å²) >= 11 is 11.6. The topological polar surface area (TPSA) is 66.4 Å². The van der Waals surface area contributed by atoms with Crippen LogP contribution in [0.3, 0.4) is 0 Å². The van der Waals surface area contributed by atoms with Gasteiger partial charge in [0.05, 0.1) is 11.6 Å². The average molecular weight is 298 g/mol. The van der Waals surface area contributed by atoms with Crippen LogP contribution in [0.2, 0.25) is 10.0 Å². The van der Waals surface area contributed by atoms with Gasteiger partial charge in [-0.05, 0) is 31.5 Å². The molecule has 0 aliphatic carbocycles. The third-order valence-corrected chi connectivity index (χ3v) is 4.43. The highest BCUT2D eigenvalue weighted by Crippen LogP contribution is 2.28. The molecule has 96 valence electrons. The molecule has 1 rings (SSSR count). The zero-order valence-corrected chi connectivity index (χ0v) is 11.7. The van der Waals surface area contributed by atoms with Crippen molar-refractivity contribution < 1.29 is 13.5 Å². The van der Waals surface area contributed by atoms with E-state index < -0.39 is 10.0 Å². The van der Waals surface area contributed by atoms with Crippen molar-refractivity contribution in [1.29, 1.82) is 0 Å². The van der Waals surface area contributed by atoms with Gasteiger partial charge in [0.1, 0.15) is 4.90 Å². The first-order valence-electron chi connectivity index (χ1n) is 4.89. The lowest BCUT2D eigenvalue weighted by molar-refractivity contribution is 0.281. The normalized spacial score (nSPS) is 12.1. The summed E-state index contributed by atoms with van der Waals surface area (Å²) in [6.45, 7) is 3.06. The number of hydrogen-bond donors (Lipinski definition) is 2. The first-order valence-corrected chi connectivity index (χ1v) is 7.13. The van der Waals surface area contributed by atoms with E-state index in [1.807, 2.05) is 0 Å². The number of halogens is 2. The fraction of sp³-hybridized carbons (Fsp3) is 0.400. The van der Waals surface area contributed by atoms with Crippen molar-refractivity contribution in [1.82, 2.24) is 4.72 Å². The standard InChI is InChI=1S/C10H13Cl2NO3S/c1-6(2)13-17(15,16)10-3-7(5-14)8(11)4-9(10)12/h3-4,6,13-14H,5H2,1-2H3. The summed E-state index contributed by atoms with van der Waals surface area (Å²) in [5, 5.41) is 9.30. The maximum absolute atomic E-state index is 11.9. The zero-order valence-electron chi connectivity index (χ0n) is 9.37. The Morgan fingerprint density at radius 2 is 1.88 bits per heavy atom. The minimum Gasteiger partial charge on any atom is -0.392 e. The lowest BCUT2D eigenvalue weighted by atomic mass is 10.2. The maximum Gasteiger partial charge on any atom is 0.242 e. The molecule has 1 aromatic carbocycles. The zero-order chi connectivity index (χ0) is 13.2. The molecule has 0 aromatic heterocycles. The molecule has 0 aliphatic heterocycles. The number of nitrogens with one attached hydrogen (secondary N) is 1. The van der Waals surface area contributed by atoms with Crippen LogP contribution in [0.1, 0.15) is 19.4 Å². The second-order valence-electron chi connectivity index (χ2n) is 3.81. The van der Waals surface area contributed by atoms with E-state index in [0.29, 0.717) is 5.56 Å². The van der Waals surface area contributed by atoms with E-state index in [0.717, 1.165) is 0 Å². The van der Waals surface area contributed by atoms with Crippen molar-refractivity contribution in [2.24, 2.45) is 0 Å². The Morgan fingerprint density at radius 1 is 1.29 bits per heavy atom. The summed E-state index contributed by atoms with van der Waals surface area (Å²) in [5.74, 6) is 0. The predicted octanol–water partition coefficient (Wildman–Crippen LogP) is 2.17. The lowest BCUT2D eigenvalue weighted by Gasteiger charge is -2.12. The third kappa shape index (κ3) is 3.56. The number of aliphatic hydroxyl groups is 1. The van der Waals surface area contributed by atoms with Crippen molar-refractivity contribution in [2.45, 2.75) is 31.4 Å². The Hall–Kier alpha value is -0.330. The summed E-state index contributed by atoms with van der Waals surface area (Å²) < 4.78 is 26.3. The largest absolute Gasteiger partial charge is 0.392 e. The number of benzene rings is 1. The SMILES string of the molecule is CC(C)NS(=O)(=O)c1cc(CO)c(Cl)cc1Cl. The van der Waals surface area contributed by atoms with E-state index in [4.69, 9.17) is 28.3 Å². The molecule has 0 fully saturated rings. The van der Waals surface area contributed by atoms with Crippen LogP contribution in [-0.4, -0.2) is 19.6 Å². The minimum absolute atomic E-state index is 0.0281. The predicted molar refractivity (Wildman–Crippen MR) is 67.8 cm³/mol. The highest BCUT2D eigenvalue weighted by molar-refractivity contribution is 7.89. The van der Waals surface area contributed by atoms with Gasteiger partial charge in [-0.15, -0.1) is 0 Å². The molecule has 0 saturated carbocycles. The molecule has 0 heterocycles. The Labute approximate surface area is 111 Å². The Morgan fingerprint density at radius 3 is 2.35 bits per heavy atom. The van der Waals surface area contributed by atoms with Gasteiger partial charge in [-0.25, -0.2) is 13.1 Å². The summed E-state index contributed by atoms with van der Waals surface area (Å²) in [5.41, 5.74) is 0.320.